The zero-order valence-corrected chi connectivity index (χ0v) is 14.7. The van der Waals surface area contributed by atoms with Crippen LogP contribution in [0.25, 0.3) is 0 Å². The molecule has 1 heterocycles. The predicted molar refractivity (Wildman–Crippen MR) is 101 cm³/mol. The van der Waals surface area contributed by atoms with E-state index in [4.69, 9.17) is 4.74 Å². The monoisotopic (exact) mass is 349 g/mol. The first-order valence-corrected chi connectivity index (χ1v) is 8.94. The zero-order chi connectivity index (χ0) is 18.0. The fourth-order valence-electron chi connectivity index (χ4n) is 2.99. The quantitative estimate of drug-likeness (QED) is 0.648. The Morgan fingerprint density at radius 3 is 2.58 bits per heavy atom. The van der Waals surface area contributed by atoms with Gasteiger partial charge in [-0.3, -0.25) is 0 Å². The van der Waals surface area contributed by atoms with Gasteiger partial charge >= 0.3 is 6.09 Å². The lowest BCUT2D eigenvalue weighted by atomic mass is 9.86. The molecule has 26 heavy (non-hydrogen) atoms. The van der Waals surface area contributed by atoms with Crippen LogP contribution < -0.4 is 10.6 Å². The van der Waals surface area contributed by atoms with Crippen LogP contribution in [0.5, 0.6) is 0 Å². The summed E-state index contributed by atoms with van der Waals surface area (Å²) in [7, 11) is 0. The third-order valence-electron chi connectivity index (χ3n) is 4.40. The molecule has 1 aliphatic rings. The van der Waals surface area contributed by atoms with Gasteiger partial charge in [-0.05, 0) is 43.4 Å². The van der Waals surface area contributed by atoms with Gasteiger partial charge in [-0.1, -0.05) is 42.3 Å². The van der Waals surface area contributed by atoms with E-state index in [1.807, 2.05) is 48.5 Å². The summed E-state index contributed by atoms with van der Waals surface area (Å²) in [6.45, 7) is 0.249. The molecule has 0 aliphatic heterocycles. The van der Waals surface area contributed by atoms with Gasteiger partial charge in [-0.15, -0.1) is 0 Å². The smallest absolute Gasteiger partial charge is 0.419 e. The molecule has 1 aliphatic carbocycles. The van der Waals surface area contributed by atoms with Crippen molar-refractivity contribution >= 4 is 11.9 Å². The summed E-state index contributed by atoms with van der Waals surface area (Å²) < 4.78 is 5.13. The second kappa shape index (κ2) is 9.47. The van der Waals surface area contributed by atoms with E-state index in [2.05, 4.69) is 27.6 Å². The van der Waals surface area contributed by atoms with Crippen molar-refractivity contribution in [3.63, 3.8) is 0 Å². The van der Waals surface area contributed by atoms with Crippen molar-refractivity contribution < 1.29 is 9.53 Å². The number of alkyl carbamates (subject to hydrolysis) is 1. The molecule has 0 spiro atoms. The Morgan fingerprint density at radius 1 is 1.08 bits per heavy atom. The lowest BCUT2D eigenvalue weighted by Crippen LogP contribution is -2.26. The minimum Gasteiger partial charge on any atom is -0.444 e. The Hall–Kier alpha value is -3.00. The maximum Gasteiger partial charge on any atom is 0.419 e. The molecular formula is C21H23N3O2. The van der Waals surface area contributed by atoms with Crippen LogP contribution in [0.1, 0.15) is 31.2 Å². The van der Waals surface area contributed by atoms with Crippen LogP contribution >= 0.6 is 0 Å². The number of anilines is 1. The van der Waals surface area contributed by atoms with Gasteiger partial charge in [-0.25, -0.2) is 15.1 Å². The Kier molecular flexibility index (Phi) is 6.49. The van der Waals surface area contributed by atoms with E-state index in [9.17, 15) is 4.79 Å². The molecule has 0 unspecified atom stereocenters. The number of aromatic nitrogens is 1. The number of carbonyl (C=O) groups excluding carboxylic acids is 1. The predicted octanol–water partition coefficient (Wildman–Crippen LogP) is 3.94. The van der Waals surface area contributed by atoms with Crippen LogP contribution in [0.3, 0.4) is 0 Å². The fourth-order valence-corrected chi connectivity index (χ4v) is 2.99. The Labute approximate surface area is 154 Å². The lowest BCUT2D eigenvalue weighted by Gasteiger charge is -2.26. The number of benzene rings is 1. The SMILES string of the molecule is O=C(NC#CC1CCC(Nc2ccccn2)CC1)OCc1ccccc1. The topological polar surface area (TPSA) is 63.2 Å². The summed E-state index contributed by atoms with van der Waals surface area (Å²) in [5.74, 6) is 4.36. The van der Waals surface area contributed by atoms with Crippen molar-refractivity contribution in [2.75, 3.05) is 5.32 Å². The Balaban J connectivity index is 1.35. The maximum atomic E-state index is 11.7. The first-order chi connectivity index (χ1) is 12.8. The second-order valence-corrected chi connectivity index (χ2v) is 6.36. The van der Waals surface area contributed by atoms with Crippen molar-refractivity contribution in [1.29, 1.82) is 0 Å². The first-order valence-electron chi connectivity index (χ1n) is 8.94. The zero-order valence-electron chi connectivity index (χ0n) is 14.7. The highest BCUT2D eigenvalue weighted by Crippen LogP contribution is 2.25. The highest BCUT2D eigenvalue weighted by molar-refractivity contribution is 5.69. The third-order valence-corrected chi connectivity index (χ3v) is 4.40. The summed E-state index contributed by atoms with van der Waals surface area (Å²) in [6.07, 6.45) is 5.41. The number of ether oxygens (including phenoxy) is 1. The number of pyridine rings is 1. The van der Waals surface area contributed by atoms with Gasteiger partial charge in [0.05, 0.1) is 0 Å². The number of amides is 1. The molecule has 1 aromatic heterocycles. The normalized spacial score (nSPS) is 18.9. The van der Waals surface area contributed by atoms with Crippen LogP contribution in [-0.2, 0) is 11.3 Å². The van der Waals surface area contributed by atoms with Crippen molar-refractivity contribution in [3.8, 4) is 12.0 Å². The van der Waals surface area contributed by atoms with Crippen molar-refractivity contribution in [2.24, 2.45) is 5.92 Å². The maximum absolute atomic E-state index is 11.7. The van der Waals surface area contributed by atoms with E-state index in [-0.39, 0.29) is 6.61 Å². The van der Waals surface area contributed by atoms with E-state index < -0.39 is 6.09 Å². The molecule has 2 N–H and O–H groups in total. The van der Waals surface area contributed by atoms with Crippen LogP contribution in [-0.4, -0.2) is 17.1 Å². The first kappa shape index (κ1) is 17.8. The van der Waals surface area contributed by atoms with E-state index in [0.29, 0.717) is 12.0 Å². The number of hydrogen-bond acceptors (Lipinski definition) is 4. The lowest BCUT2D eigenvalue weighted by molar-refractivity contribution is 0.144. The number of carbonyl (C=O) groups is 1. The molecule has 5 nitrogen and oxygen atoms in total. The van der Waals surface area contributed by atoms with Crippen molar-refractivity contribution in [3.05, 3.63) is 60.3 Å². The summed E-state index contributed by atoms with van der Waals surface area (Å²) in [4.78, 5) is 16.0. The molecule has 5 heteroatoms. The molecule has 2 aromatic rings. The van der Waals surface area contributed by atoms with Gasteiger partial charge in [0.15, 0.2) is 0 Å². The highest BCUT2D eigenvalue weighted by atomic mass is 16.5. The molecule has 1 saturated carbocycles. The van der Waals surface area contributed by atoms with Gasteiger partial charge in [0, 0.05) is 24.2 Å². The third kappa shape index (κ3) is 5.82. The molecule has 1 amide bonds. The van der Waals surface area contributed by atoms with Gasteiger partial charge in [0.25, 0.3) is 0 Å². The summed E-state index contributed by atoms with van der Waals surface area (Å²) in [6, 6.07) is 18.6. The summed E-state index contributed by atoms with van der Waals surface area (Å²) in [5.41, 5.74) is 0.953. The molecular weight excluding hydrogens is 326 g/mol. The largest absolute Gasteiger partial charge is 0.444 e. The average molecular weight is 349 g/mol. The molecule has 3 rings (SSSR count). The summed E-state index contributed by atoms with van der Waals surface area (Å²) in [5, 5.41) is 5.96. The van der Waals surface area contributed by atoms with Crippen molar-refractivity contribution in [1.82, 2.24) is 10.3 Å². The minimum absolute atomic E-state index is 0.249. The number of nitrogens with zero attached hydrogens (tertiary/aromatic N) is 1. The second-order valence-electron chi connectivity index (χ2n) is 6.36. The standard InChI is InChI=1S/C21H23N3O2/c25-21(26-16-18-6-2-1-3-7-18)23-15-13-17-9-11-19(12-10-17)24-20-8-4-5-14-22-20/h1-8,14,17,19H,9-12,16H2,(H,22,24)(H,23,25). The van der Waals surface area contributed by atoms with E-state index >= 15 is 0 Å². The van der Waals surface area contributed by atoms with Crippen molar-refractivity contribution in [2.45, 2.75) is 38.3 Å². The van der Waals surface area contributed by atoms with Gasteiger partial charge in [0.2, 0.25) is 0 Å². The molecule has 1 fully saturated rings. The van der Waals surface area contributed by atoms with Crippen LogP contribution in [0.2, 0.25) is 0 Å². The van der Waals surface area contributed by atoms with Gasteiger partial charge < -0.3 is 10.1 Å². The van der Waals surface area contributed by atoms with E-state index in [1.54, 1.807) is 6.20 Å². The molecule has 0 saturated heterocycles. The van der Waals surface area contributed by atoms with Crippen LogP contribution in [0.15, 0.2) is 54.7 Å². The van der Waals surface area contributed by atoms with Crippen LogP contribution in [0, 0.1) is 17.9 Å². The molecule has 1 aromatic carbocycles. The number of hydrogen-bond donors (Lipinski definition) is 2. The van der Waals surface area contributed by atoms with E-state index in [1.165, 1.54) is 0 Å². The fraction of sp³-hybridized carbons (Fsp3) is 0.333. The van der Waals surface area contributed by atoms with Gasteiger partial charge in [0.1, 0.15) is 12.4 Å². The molecule has 134 valence electrons. The number of nitrogens with one attached hydrogen (secondary N) is 2. The summed E-state index contributed by atoms with van der Waals surface area (Å²) >= 11 is 0. The van der Waals surface area contributed by atoms with E-state index in [0.717, 1.165) is 37.1 Å². The highest BCUT2D eigenvalue weighted by Gasteiger charge is 2.19. The Morgan fingerprint density at radius 2 is 1.85 bits per heavy atom. The minimum atomic E-state index is -0.508. The van der Waals surface area contributed by atoms with Gasteiger partial charge in [-0.2, -0.15) is 0 Å². The molecule has 0 atom stereocenters. The molecule has 0 bridgehead atoms. The van der Waals surface area contributed by atoms with Crippen LogP contribution in [0.4, 0.5) is 10.6 Å². The number of rotatable bonds is 4. The molecule has 0 radical (unpaired) electrons. The average Bonchev–Trinajstić information content (AvgIpc) is 2.69. The Bertz CT molecular complexity index is 745.